The smallest absolute Gasteiger partial charge is 0.119 e. The first-order valence-corrected chi connectivity index (χ1v) is 11.8. The molecule has 31 heavy (non-hydrogen) atoms. The lowest BCUT2D eigenvalue weighted by molar-refractivity contribution is 0.276. The summed E-state index contributed by atoms with van der Waals surface area (Å²) in [5.74, 6) is 3.42. The van der Waals surface area contributed by atoms with E-state index in [1.165, 1.54) is 57.8 Å². The number of ether oxygens (including phenoxy) is 1. The second-order valence-corrected chi connectivity index (χ2v) is 8.18. The standard InChI is InChI=1S/C28H38O3/c1-3-5-6-7-8-9-10-11-12-13-18-31-27-16-14-24(15-17-27)28-25(21-29)19-23(4-2)20-26(28)22-30/h2,14-17,19-20,29-30H,3,5-13,18,21-22H2,1H3. The van der Waals surface area contributed by atoms with Gasteiger partial charge in [-0.1, -0.05) is 82.8 Å². The van der Waals surface area contributed by atoms with E-state index >= 15 is 0 Å². The van der Waals surface area contributed by atoms with E-state index in [0.717, 1.165) is 41.0 Å². The maximum absolute atomic E-state index is 9.77. The van der Waals surface area contributed by atoms with Gasteiger partial charge in [-0.05, 0) is 52.9 Å². The van der Waals surface area contributed by atoms with Crippen molar-refractivity contribution in [2.45, 2.75) is 84.3 Å². The van der Waals surface area contributed by atoms with Gasteiger partial charge in [-0.15, -0.1) is 6.42 Å². The molecule has 168 valence electrons. The molecule has 0 heterocycles. The molecule has 0 aromatic heterocycles. The van der Waals surface area contributed by atoms with Crippen LogP contribution in [-0.2, 0) is 13.2 Å². The van der Waals surface area contributed by atoms with Gasteiger partial charge in [-0.3, -0.25) is 0 Å². The number of hydrogen-bond acceptors (Lipinski definition) is 3. The highest BCUT2D eigenvalue weighted by Gasteiger charge is 2.12. The lowest BCUT2D eigenvalue weighted by atomic mass is 9.92. The number of rotatable bonds is 15. The highest BCUT2D eigenvalue weighted by atomic mass is 16.5. The Morgan fingerprint density at radius 2 is 1.29 bits per heavy atom. The Morgan fingerprint density at radius 1 is 0.774 bits per heavy atom. The van der Waals surface area contributed by atoms with Crippen molar-refractivity contribution in [3.63, 3.8) is 0 Å². The maximum atomic E-state index is 9.77. The van der Waals surface area contributed by atoms with Gasteiger partial charge >= 0.3 is 0 Å². The van der Waals surface area contributed by atoms with Crippen molar-refractivity contribution < 1.29 is 14.9 Å². The van der Waals surface area contributed by atoms with Crippen LogP contribution in [0, 0.1) is 12.3 Å². The monoisotopic (exact) mass is 422 g/mol. The zero-order valence-corrected chi connectivity index (χ0v) is 19.0. The second-order valence-electron chi connectivity index (χ2n) is 8.18. The summed E-state index contributed by atoms with van der Waals surface area (Å²) in [5, 5.41) is 19.5. The van der Waals surface area contributed by atoms with E-state index in [-0.39, 0.29) is 13.2 Å². The third-order valence-corrected chi connectivity index (χ3v) is 5.72. The molecule has 0 fully saturated rings. The fraction of sp³-hybridized carbons (Fsp3) is 0.500. The first kappa shape index (κ1) is 25.0. The predicted molar refractivity (Wildman–Crippen MR) is 129 cm³/mol. The van der Waals surface area contributed by atoms with Crippen LogP contribution in [0.4, 0.5) is 0 Å². The SMILES string of the molecule is C#Cc1cc(CO)c(-c2ccc(OCCCCCCCCCCCC)cc2)c(CO)c1. The largest absolute Gasteiger partial charge is 0.494 e. The molecule has 0 saturated carbocycles. The molecule has 3 nitrogen and oxygen atoms in total. The molecular formula is C28H38O3. The minimum absolute atomic E-state index is 0.130. The molecule has 0 amide bonds. The Balaban J connectivity index is 1.77. The summed E-state index contributed by atoms with van der Waals surface area (Å²) < 4.78 is 5.89. The number of benzene rings is 2. The minimum atomic E-state index is -0.130. The van der Waals surface area contributed by atoms with Crippen molar-refractivity contribution >= 4 is 0 Å². The average Bonchev–Trinajstić information content (AvgIpc) is 2.82. The van der Waals surface area contributed by atoms with Crippen LogP contribution in [-0.4, -0.2) is 16.8 Å². The lowest BCUT2D eigenvalue weighted by Crippen LogP contribution is -1.99. The molecule has 0 aliphatic carbocycles. The van der Waals surface area contributed by atoms with Crippen LogP contribution in [0.1, 0.15) is 87.8 Å². The van der Waals surface area contributed by atoms with E-state index in [0.29, 0.717) is 5.56 Å². The van der Waals surface area contributed by atoms with E-state index < -0.39 is 0 Å². The summed E-state index contributed by atoms with van der Waals surface area (Å²) in [7, 11) is 0. The van der Waals surface area contributed by atoms with E-state index in [9.17, 15) is 10.2 Å². The van der Waals surface area contributed by atoms with Gasteiger partial charge in [0.25, 0.3) is 0 Å². The van der Waals surface area contributed by atoms with E-state index in [4.69, 9.17) is 11.2 Å². The molecule has 0 spiro atoms. The predicted octanol–water partition coefficient (Wildman–Crippen LogP) is 6.62. The summed E-state index contributed by atoms with van der Waals surface area (Å²) in [4.78, 5) is 0. The van der Waals surface area contributed by atoms with Crippen LogP contribution in [0.15, 0.2) is 36.4 Å². The van der Waals surface area contributed by atoms with Gasteiger partial charge < -0.3 is 14.9 Å². The average molecular weight is 423 g/mol. The number of aliphatic hydroxyl groups is 2. The van der Waals surface area contributed by atoms with E-state index in [1.807, 2.05) is 24.3 Å². The zero-order valence-electron chi connectivity index (χ0n) is 19.0. The summed E-state index contributed by atoms with van der Waals surface area (Å²) in [6.45, 7) is 2.73. The van der Waals surface area contributed by atoms with Crippen molar-refractivity contribution in [2.75, 3.05) is 6.61 Å². The van der Waals surface area contributed by atoms with Crippen molar-refractivity contribution in [3.8, 4) is 29.2 Å². The molecule has 0 aliphatic rings. The first-order valence-electron chi connectivity index (χ1n) is 11.8. The number of aliphatic hydroxyl groups excluding tert-OH is 2. The van der Waals surface area contributed by atoms with Crippen molar-refractivity contribution in [1.29, 1.82) is 0 Å². The Morgan fingerprint density at radius 3 is 1.77 bits per heavy atom. The number of unbranched alkanes of at least 4 members (excludes halogenated alkanes) is 9. The molecule has 0 unspecified atom stereocenters. The van der Waals surface area contributed by atoms with E-state index in [2.05, 4.69) is 12.8 Å². The second kappa shape index (κ2) is 14.7. The molecule has 3 heteroatoms. The van der Waals surface area contributed by atoms with Gasteiger partial charge in [0.05, 0.1) is 19.8 Å². The minimum Gasteiger partial charge on any atom is -0.494 e. The van der Waals surface area contributed by atoms with Crippen LogP contribution in [0.25, 0.3) is 11.1 Å². The van der Waals surface area contributed by atoms with Crippen molar-refractivity contribution in [2.24, 2.45) is 0 Å². The Hall–Kier alpha value is -2.28. The van der Waals surface area contributed by atoms with Crippen LogP contribution in [0.3, 0.4) is 0 Å². The van der Waals surface area contributed by atoms with Gasteiger partial charge in [0, 0.05) is 5.56 Å². The third kappa shape index (κ3) is 8.40. The summed E-state index contributed by atoms with van der Waals surface area (Å²) in [6.07, 6.45) is 18.6. The van der Waals surface area contributed by atoms with Crippen molar-refractivity contribution in [3.05, 3.63) is 53.1 Å². The van der Waals surface area contributed by atoms with E-state index in [1.54, 1.807) is 12.1 Å². The third-order valence-electron chi connectivity index (χ3n) is 5.72. The number of terminal acetylenes is 1. The highest BCUT2D eigenvalue weighted by molar-refractivity contribution is 5.73. The molecule has 2 aromatic rings. The molecule has 2 rings (SSSR count). The Bertz CT molecular complexity index is 777. The zero-order chi connectivity index (χ0) is 22.3. The molecule has 0 bridgehead atoms. The molecule has 0 saturated heterocycles. The summed E-state index contributed by atoms with van der Waals surface area (Å²) >= 11 is 0. The summed E-state index contributed by atoms with van der Waals surface area (Å²) in [6, 6.07) is 11.4. The molecule has 0 atom stereocenters. The maximum Gasteiger partial charge on any atom is 0.119 e. The normalized spacial score (nSPS) is 10.8. The number of hydrogen-bond donors (Lipinski definition) is 2. The van der Waals surface area contributed by atoms with Gasteiger partial charge in [-0.25, -0.2) is 0 Å². The van der Waals surface area contributed by atoms with Gasteiger partial charge in [0.15, 0.2) is 0 Å². The first-order chi connectivity index (χ1) is 15.2. The van der Waals surface area contributed by atoms with Crippen LogP contribution >= 0.6 is 0 Å². The highest BCUT2D eigenvalue weighted by Crippen LogP contribution is 2.31. The molecular weight excluding hydrogens is 384 g/mol. The fourth-order valence-corrected chi connectivity index (χ4v) is 3.97. The Kier molecular flexibility index (Phi) is 11.8. The van der Waals surface area contributed by atoms with Gasteiger partial charge in [0.2, 0.25) is 0 Å². The summed E-state index contributed by atoms with van der Waals surface area (Å²) in [5.41, 5.74) is 3.87. The van der Waals surface area contributed by atoms with Crippen LogP contribution in [0.2, 0.25) is 0 Å². The molecule has 0 radical (unpaired) electrons. The van der Waals surface area contributed by atoms with Crippen LogP contribution in [0.5, 0.6) is 5.75 Å². The lowest BCUT2D eigenvalue weighted by Gasteiger charge is -2.14. The van der Waals surface area contributed by atoms with Gasteiger partial charge in [0.1, 0.15) is 5.75 Å². The molecule has 0 aliphatic heterocycles. The van der Waals surface area contributed by atoms with Gasteiger partial charge in [-0.2, -0.15) is 0 Å². The molecule has 2 aromatic carbocycles. The molecule has 2 N–H and O–H groups in total. The fourth-order valence-electron chi connectivity index (χ4n) is 3.97. The Labute approximate surface area is 188 Å². The van der Waals surface area contributed by atoms with Crippen LogP contribution < -0.4 is 4.74 Å². The quantitative estimate of drug-likeness (QED) is 0.250. The topological polar surface area (TPSA) is 49.7 Å². The van der Waals surface area contributed by atoms with Crippen molar-refractivity contribution in [1.82, 2.24) is 0 Å².